The number of anilines is 3. The van der Waals surface area contributed by atoms with Crippen molar-refractivity contribution in [3.63, 3.8) is 0 Å². The van der Waals surface area contributed by atoms with Gasteiger partial charge in [0, 0.05) is 18.7 Å². The van der Waals surface area contributed by atoms with Crippen LogP contribution in [0.5, 0.6) is 5.75 Å². The van der Waals surface area contributed by atoms with Crippen LogP contribution in [0, 0.1) is 0 Å². The zero-order valence-electron chi connectivity index (χ0n) is 11.9. The van der Waals surface area contributed by atoms with Crippen molar-refractivity contribution >= 4 is 23.5 Å². The predicted molar refractivity (Wildman–Crippen MR) is 81.0 cm³/mol. The first-order chi connectivity index (χ1) is 10.6. The lowest BCUT2D eigenvalue weighted by atomic mass is 10.3. The zero-order valence-corrected chi connectivity index (χ0v) is 11.9. The van der Waals surface area contributed by atoms with Crippen molar-refractivity contribution in [3.05, 3.63) is 30.1 Å². The van der Waals surface area contributed by atoms with E-state index in [1.54, 1.807) is 17.0 Å². The molecule has 1 aliphatic heterocycles. The summed E-state index contributed by atoms with van der Waals surface area (Å²) in [6.07, 6.45) is 1.51. The van der Waals surface area contributed by atoms with E-state index in [1.165, 1.54) is 0 Å². The van der Waals surface area contributed by atoms with Gasteiger partial charge in [0.05, 0.1) is 0 Å². The first-order valence-corrected chi connectivity index (χ1v) is 6.91. The van der Waals surface area contributed by atoms with Crippen molar-refractivity contribution in [2.75, 3.05) is 22.9 Å². The second-order valence-corrected chi connectivity index (χ2v) is 4.90. The quantitative estimate of drug-likeness (QED) is 0.854. The van der Waals surface area contributed by atoms with E-state index in [2.05, 4.69) is 15.0 Å². The van der Waals surface area contributed by atoms with Crippen molar-refractivity contribution in [1.82, 2.24) is 15.0 Å². The van der Waals surface area contributed by atoms with Crippen molar-refractivity contribution in [2.45, 2.75) is 19.4 Å². The molecular formula is C14H16N6O2. The molecule has 1 fully saturated rings. The molecule has 3 rings (SSSR count). The van der Waals surface area contributed by atoms with Crippen LogP contribution in [0.3, 0.4) is 0 Å². The van der Waals surface area contributed by atoms with Crippen LogP contribution in [0.4, 0.5) is 17.6 Å². The van der Waals surface area contributed by atoms with Crippen LogP contribution in [-0.4, -0.2) is 27.4 Å². The number of carbonyl (C=O) groups excluding carboxylic acids is 1. The molecule has 0 radical (unpaired) electrons. The van der Waals surface area contributed by atoms with Gasteiger partial charge in [-0.3, -0.25) is 4.79 Å². The number of rotatable bonds is 4. The topological polar surface area (TPSA) is 120 Å². The normalized spacial score (nSPS) is 14.4. The summed E-state index contributed by atoms with van der Waals surface area (Å²) in [4.78, 5) is 25.0. The fourth-order valence-electron chi connectivity index (χ4n) is 2.31. The molecule has 4 N–H and O–H groups in total. The Morgan fingerprint density at radius 2 is 1.77 bits per heavy atom. The first-order valence-electron chi connectivity index (χ1n) is 6.91. The Morgan fingerprint density at radius 3 is 2.36 bits per heavy atom. The maximum absolute atomic E-state index is 11.7. The average Bonchev–Trinajstić information content (AvgIpc) is 2.91. The smallest absolute Gasteiger partial charge is 0.227 e. The highest BCUT2D eigenvalue weighted by Crippen LogP contribution is 2.24. The van der Waals surface area contributed by atoms with Gasteiger partial charge in [-0.15, -0.1) is 0 Å². The van der Waals surface area contributed by atoms with E-state index in [0.717, 1.165) is 18.7 Å². The number of nitrogens with zero attached hydrogens (tertiary/aromatic N) is 4. The maximum Gasteiger partial charge on any atom is 0.227 e. The Bertz CT molecular complexity index is 668. The summed E-state index contributed by atoms with van der Waals surface area (Å²) >= 11 is 0. The van der Waals surface area contributed by atoms with Gasteiger partial charge >= 0.3 is 0 Å². The molecule has 1 saturated heterocycles. The van der Waals surface area contributed by atoms with Gasteiger partial charge in [-0.2, -0.15) is 15.0 Å². The van der Waals surface area contributed by atoms with Crippen LogP contribution in [0.25, 0.3) is 0 Å². The molecule has 0 saturated carbocycles. The molecule has 114 valence electrons. The number of ether oxygens (including phenoxy) is 1. The summed E-state index contributed by atoms with van der Waals surface area (Å²) in [6, 6.07) is 7.31. The lowest BCUT2D eigenvalue weighted by Crippen LogP contribution is -2.23. The van der Waals surface area contributed by atoms with Gasteiger partial charge in [0.2, 0.25) is 17.8 Å². The average molecular weight is 300 g/mol. The maximum atomic E-state index is 11.7. The molecule has 1 aromatic heterocycles. The Hall–Kier alpha value is -2.90. The number of aromatic nitrogens is 3. The third-order valence-corrected chi connectivity index (χ3v) is 3.31. The van der Waals surface area contributed by atoms with Crippen LogP contribution in [-0.2, 0) is 11.4 Å². The van der Waals surface area contributed by atoms with Gasteiger partial charge in [-0.05, 0) is 30.7 Å². The number of hydrogen-bond acceptors (Lipinski definition) is 7. The number of hydrogen-bond donors (Lipinski definition) is 2. The van der Waals surface area contributed by atoms with Gasteiger partial charge in [0.15, 0.2) is 5.82 Å². The summed E-state index contributed by atoms with van der Waals surface area (Å²) in [5, 5.41) is 0. The van der Waals surface area contributed by atoms with Crippen molar-refractivity contribution in [1.29, 1.82) is 0 Å². The number of nitrogens with two attached hydrogens (primary N) is 2. The Balaban J connectivity index is 1.65. The molecule has 22 heavy (non-hydrogen) atoms. The minimum Gasteiger partial charge on any atom is -0.486 e. The summed E-state index contributed by atoms with van der Waals surface area (Å²) < 4.78 is 5.58. The molecule has 8 heteroatoms. The minimum atomic E-state index is 0.0639. The van der Waals surface area contributed by atoms with Crippen molar-refractivity contribution in [3.8, 4) is 5.75 Å². The van der Waals surface area contributed by atoms with E-state index in [9.17, 15) is 4.79 Å². The Kier molecular flexibility index (Phi) is 3.73. The van der Waals surface area contributed by atoms with E-state index >= 15 is 0 Å². The zero-order chi connectivity index (χ0) is 15.5. The van der Waals surface area contributed by atoms with E-state index in [1.807, 2.05) is 12.1 Å². The summed E-state index contributed by atoms with van der Waals surface area (Å²) in [7, 11) is 0. The molecule has 2 aromatic rings. The molecule has 8 nitrogen and oxygen atoms in total. The van der Waals surface area contributed by atoms with E-state index in [4.69, 9.17) is 16.2 Å². The monoisotopic (exact) mass is 300 g/mol. The second-order valence-electron chi connectivity index (χ2n) is 4.90. The predicted octanol–water partition coefficient (Wildman–Crippen LogP) is 0.742. The van der Waals surface area contributed by atoms with Crippen LogP contribution in [0.15, 0.2) is 24.3 Å². The highest BCUT2D eigenvalue weighted by Gasteiger charge is 2.21. The Labute approximate surface area is 127 Å². The molecule has 0 atom stereocenters. The third-order valence-electron chi connectivity index (χ3n) is 3.31. The van der Waals surface area contributed by atoms with Gasteiger partial charge in [-0.25, -0.2) is 0 Å². The molecule has 2 heterocycles. The summed E-state index contributed by atoms with van der Waals surface area (Å²) in [5.41, 5.74) is 11.9. The van der Waals surface area contributed by atoms with Crippen molar-refractivity contribution < 1.29 is 9.53 Å². The lowest BCUT2D eigenvalue weighted by Gasteiger charge is -2.16. The fraction of sp³-hybridized carbons (Fsp3) is 0.286. The standard InChI is InChI=1S/C14H16N6O2/c15-13-17-11(18-14(16)19-13)8-22-10-5-3-9(4-6-10)20-7-1-2-12(20)21/h3-6H,1-2,7-8H2,(H4,15,16,17,18,19). The molecule has 0 unspecified atom stereocenters. The van der Waals surface area contributed by atoms with Gasteiger partial charge in [0.1, 0.15) is 12.4 Å². The minimum absolute atomic E-state index is 0.0639. The van der Waals surface area contributed by atoms with E-state index in [0.29, 0.717) is 18.0 Å². The highest BCUT2D eigenvalue weighted by molar-refractivity contribution is 5.95. The largest absolute Gasteiger partial charge is 0.486 e. The SMILES string of the molecule is Nc1nc(N)nc(COc2ccc(N3CCCC3=O)cc2)n1. The van der Waals surface area contributed by atoms with Crippen LogP contribution in [0.1, 0.15) is 18.7 Å². The van der Waals surface area contributed by atoms with E-state index in [-0.39, 0.29) is 24.4 Å². The molecule has 0 aliphatic carbocycles. The van der Waals surface area contributed by atoms with Gasteiger partial charge in [-0.1, -0.05) is 0 Å². The molecule has 1 amide bonds. The second kappa shape index (κ2) is 5.84. The third kappa shape index (κ3) is 3.05. The van der Waals surface area contributed by atoms with Crippen LogP contribution < -0.4 is 21.1 Å². The fourth-order valence-corrected chi connectivity index (χ4v) is 2.31. The van der Waals surface area contributed by atoms with Crippen LogP contribution >= 0.6 is 0 Å². The molecule has 1 aliphatic rings. The number of amides is 1. The molecule has 1 aromatic carbocycles. The molecule has 0 bridgehead atoms. The van der Waals surface area contributed by atoms with Gasteiger partial charge < -0.3 is 21.1 Å². The highest BCUT2D eigenvalue weighted by atomic mass is 16.5. The number of carbonyl (C=O) groups is 1. The van der Waals surface area contributed by atoms with Crippen molar-refractivity contribution in [2.24, 2.45) is 0 Å². The Morgan fingerprint density at radius 1 is 1.09 bits per heavy atom. The first kappa shape index (κ1) is 14.1. The van der Waals surface area contributed by atoms with E-state index < -0.39 is 0 Å². The molecular weight excluding hydrogens is 284 g/mol. The lowest BCUT2D eigenvalue weighted by molar-refractivity contribution is -0.117. The van der Waals surface area contributed by atoms with Gasteiger partial charge in [0.25, 0.3) is 0 Å². The molecule has 0 spiro atoms. The summed E-state index contributed by atoms with van der Waals surface area (Å²) in [5.74, 6) is 1.30. The number of benzene rings is 1. The number of nitrogen functional groups attached to an aromatic ring is 2. The summed E-state index contributed by atoms with van der Waals surface area (Å²) in [6.45, 7) is 0.904. The van der Waals surface area contributed by atoms with Crippen LogP contribution in [0.2, 0.25) is 0 Å².